The standard InChI is InChI=1S/C21H22N2O3/c1-25-19-7-3-2-5-16(19)20-12-15-11-14(8-9-18(15)26-20)13-23-10-4-6-17(23)21(22)24/h2-3,5,7-9,11-12,17H,4,6,10,13H2,1H3,(H2,22,24). The van der Waals surface area contributed by atoms with E-state index in [1.807, 2.05) is 42.5 Å². The number of furan rings is 1. The average molecular weight is 350 g/mol. The van der Waals surface area contributed by atoms with E-state index in [0.717, 1.165) is 59.5 Å². The van der Waals surface area contributed by atoms with E-state index >= 15 is 0 Å². The van der Waals surface area contributed by atoms with Crippen molar-refractivity contribution in [2.24, 2.45) is 5.73 Å². The number of methoxy groups -OCH3 is 1. The molecule has 0 spiro atoms. The molecule has 1 amide bonds. The Labute approximate surface area is 152 Å². The van der Waals surface area contributed by atoms with Gasteiger partial charge in [-0.1, -0.05) is 18.2 Å². The van der Waals surface area contributed by atoms with E-state index in [1.54, 1.807) is 7.11 Å². The summed E-state index contributed by atoms with van der Waals surface area (Å²) in [7, 11) is 1.66. The number of likely N-dealkylation sites (tertiary alicyclic amines) is 1. The molecule has 5 nitrogen and oxygen atoms in total. The highest BCUT2D eigenvalue weighted by Crippen LogP contribution is 2.34. The Morgan fingerprint density at radius 2 is 2.12 bits per heavy atom. The second-order valence-corrected chi connectivity index (χ2v) is 6.71. The van der Waals surface area contributed by atoms with Crippen molar-refractivity contribution < 1.29 is 13.9 Å². The first-order valence-electron chi connectivity index (χ1n) is 8.85. The van der Waals surface area contributed by atoms with Crippen LogP contribution < -0.4 is 10.5 Å². The molecule has 1 unspecified atom stereocenters. The van der Waals surface area contributed by atoms with Crippen LogP contribution in [-0.4, -0.2) is 30.5 Å². The molecule has 1 atom stereocenters. The van der Waals surface area contributed by atoms with E-state index in [-0.39, 0.29) is 11.9 Å². The number of para-hydroxylation sites is 1. The van der Waals surface area contributed by atoms with Crippen LogP contribution in [-0.2, 0) is 11.3 Å². The fourth-order valence-electron chi connectivity index (χ4n) is 3.74. The highest BCUT2D eigenvalue weighted by Gasteiger charge is 2.28. The van der Waals surface area contributed by atoms with Crippen molar-refractivity contribution in [1.29, 1.82) is 0 Å². The molecule has 1 aromatic heterocycles. The Bertz CT molecular complexity index is 947. The van der Waals surface area contributed by atoms with Crippen LogP contribution in [0.4, 0.5) is 0 Å². The zero-order valence-electron chi connectivity index (χ0n) is 14.8. The van der Waals surface area contributed by atoms with E-state index in [9.17, 15) is 4.79 Å². The van der Waals surface area contributed by atoms with Gasteiger partial charge in [0.2, 0.25) is 5.91 Å². The number of ether oxygens (including phenoxy) is 1. The molecule has 4 rings (SSSR count). The molecule has 2 aromatic carbocycles. The van der Waals surface area contributed by atoms with Crippen molar-refractivity contribution in [2.45, 2.75) is 25.4 Å². The van der Waals surface area contributed by atoms with Crippen molar-refractivity contribution >= 4 is 16.9 Å². The molecular formula is C21H22N2O3. The summed E-state index contributed by atoms with van der Waals surface area (Å²) in [6.07, 6.45) is 1.86. The average Bonchev–Trinajstić information content (AvgIpc) is 3.28. The summed E-state index contributed by atoms with van der Waals surface area (Å²) < 4.78 is 11.4. The van der Waals surface area contributed by atoms with Gasteiger partial charge in [-0.3, -0.25) is 9.69 Å². The van der Waals surface area contributed by atoms with Crippen molar-refractivity contribution in [3.63, 3.8) is 0 Å². The molecule has 1 saturated heterocycles. The molecule has 0 saturated carbocycles. The van der Waals surface area contributed by atoms with Crippen molar-refractivity contribution in [3.8, 4) is 17.1 Å². The van der Waals surface area contributed by atoms with Gasteiger partial charge in [-0.2, -0.15) is 0 Å². The van der Waals surface area contributed by atoms with Gasteiger partial charge < -0.3 is 14.9 Å². The third kappa shape index (κ3) is 3.06. The molecule has 1 aliphatic rings. The van der Waals surface area contributed by atoms with Crippen LogP contribution in [0.1, 0.15) is 18.4 Å². The number of carbonyl (C=O) groups excluding carboxylic acids is 1. The molecule has 0 radical (unpaired) electrons. The van der Waals surface area contributed by atoms with Crippen LogP contribution in [0.15, 0.2) is 52.9 Å². The van der Waals surface area contributed by atoms with Gasteiger partial charge in [0.05, 0.1) is 18.7 Å². The third-order valence-electron chi connectivity index (χ3n) is 5.03. The van der Waals surface area contributed by atoms with Crippen LogP contribution in [0.25, 0.3) is 22.3 Å². The SMILES string of the molecule is COc1ccccc1-c1cc2cc(CN3CCCC3C(N)=O)ccc2o1. The molecule has 2 heterocycles. The summed E-state index contributed by atoms with van der Waals surface area (Å²) in [6, 6.07) is 15.8. The number of benzene rings is 2. The first-order chi connectivity index (χ1) is 12.7. The van der Waals surface area contributed by atoms with Gasteiger partial charge >= 0.3 is 0 Å². The minimum Gasteiger partial charge on any atom is -0.496 e. The van der Waals surface area contributed by atoms with Crippen LogP contribution in [0, 0.1) is 0 Å². The van der Waals surface area contributed by atoms with E-state index in [4.69, 9.17) is 14.9 Å². The Morgan fingerprint density at radius 3 is 2.92 bits per heavy atom. The van der Waals surface area contributed by atoms with Crippen LogP contribution in [0.5, 0.6) is 5.75 Å². The summed E-state index contributed by atoms with van der Waals surface area (Å²) in [5, 5.41) is 1.04. The molecule has 3 aromatic rings. The molecule has 1 fully saturated rings. The smallest absolute Gasteiger partial charge is 0.234 e. The Hall–Kier alpha value is -2.79. The number of hydrogen-bond donors (Lipinski definition) is 1. The number of hydrogen-bond acceptors (Lipinski definition) is 4. The lowest BCUT2D eigenvalue weighted by Crippen LogP contribution is -2.39. The second kappa shape index (κ2) is 6.84. The summed E-state index contributed by atoms with van der Waals surface area (Å²) in [5.74, 6) is 1.34. The minimum atomic E-state index is -0.231. The predicted molar refractivity (Wildman–Crippen MR) is 101 cm³/mol. The second-order valence-electron chi connectivity index (χ2n) is 6.71. The number of nitrogens with two attached hydrogens (primary N) is 1. The lowest BCUT2D eigenvalue weighted by molar-refractivity contribution is -0.122. The molecule has 2 N–H and O–H groups in total. The van der Waals surface area contributed by atoms with Crippen LogP contribution >= 0.6 is 0 Å². The maximum Gasteiger partial charge on any atom is 0.234 e. The lowest BCUT2D eigenvalue weighted by Gasteiger charge is -2.21. The van der Waals surface area contributed by atoms with Gasteiger partial charge in [-0.15, -0.1) is 0 Å². The monoisotopic (exact) mass is 350 g/mol. The quantitative estimate of drug-likeness (QED) is 0.764. The molecule has 1 aliphatic heterocycles. The van der Waals surface area contributed by atoms with Crippen molar-refractivity contribution in [2.75, 3.05) is 13.7 Å². The van der Waals surface area contributed by atoms with Gasteiger partial charge in [-0.05, 0) is 55.3 Å². The van der Waals surface area contributed by atoms with E-state index in [2.05, 4.69) is 11.0 Å². The van der Waals surface area contributed by atoms with Crippen LogP contribution in [0.3, 0.4) is 0 Å². The third-order valence-corrected chi connectivity index (χ3v) is 5.03. The number of primary amides is 1. The summed E-state index contributed by atoms with van der Waals surface area (Å²) in [5.41, 5.74) is 8.44. The number of rotatable bonds is 5. The highest BCUT2D eigenvalue weighted by atomic mass is 16.5. The number of carbonyl (C=O) groups is 1. The van der Waals surface area contributed by atoms with Crippen LogP contribution in [0.2, 0.25) is 0 Å². The summed E-state index contributed by atoms with van der Waals surface area (Å²) in [4.78, 5) is 13.7. The minimum absolute atomic E-state index is 0.154. The molecule has 0 bridgehead atoms. The first kappa shape index (κ1) is 16.7. The zero-order valence-corrected chi connectivity index (χ0v) is 14.8. The Balaban J connectivity index is 1.63. The number of amides is 1. The van der Waals surface area contributed by atoms with E-state index < -0.39 is 0 Å². The first-order valence-corrected chi connectivity index (χ1v) is 8.85. The molecular weight excluding hydrogens is 328 g/mol. The normalized spacial score (nSPS) is 17.7. The molecule has 134 valence electrons. The summed E-state index contributed by atoms with van der Waals surface area (Å²) >= 11 is 0. The van der Waals surface area contributed by atoms with Gasteiger partial charge in [-0.25, -0.2) is 0 Å². The van der Waals surface area contributed by atoms with Gasteiger partial charge in [0.1, 0.15) is 17.1 Å². The molecule has 0 aliphatic carbocycles. The summed E-state index contributed by atoms with van der Waals surface area (Å²) in [6.45, 7) is 1.63. The molecule has 5 heteroatoms. The molecule has 26 heavy (non-hydrogen) atoms. The zero-order chi connectivity index (χ0) is 18.1. The van der Waals surface area contributed by atoms with Gasteiger partial charge in [0, 0.05) is 11.9 Å². The lowest BCUT2D eigenvalue weighted by atomic mass is 10.1. The fourth-order valence-corrected chi connectivity index (χ4v) is 3.74. The van der Waals surface area contributed by atoms with Crippen molar-refractivity contribution in [3.05, 3.63) is 54.1 Å². The van der Waals surface area contributed by atoms with Crippen molar-refractivity contribution in [1.82, 2.24) is 4.90 Å². The predicted octanol–water partition coefficient (Wildman–Crippen LogP) is 3.56. The maximum absolute atomic E-state index is 11.6. The number of fused-ring (bicyclic) bond motifs is 1. The Kier molecular flexibility index (Phi) is 4.39. The highest BCUT2D eigenvalue weighted by molar-refractivity contribution is 5.84. The van der Waals surface area contributed by atoms with E-state index in [1.165, 1.54) is 0 Å². The maximum atomic E-state index is 11.6. The van der Waals surface area contributed by atoms with Gasteiger partial charge in [0.15, 0.2) is 0 Å². The van der Waals surface area contributed by atoms with E-state index in [0.29, 0.717) is 0 Å². The van der Waals surface area contributed by atoms with Gasteiger partial charge in [0.25, 0.3) is 0 Å². The Morgan fingerprint density at radius 1 is 1.27 bits per heavy atom. The fraction of sp³-hybridized carbons (Fsp3) is 0.286. The topological polar surface area (TPSA) is 68.7 Å². The number of nitrogens with zero attached hydrogens (tertiary/aromatic N) is 1. The largest absolute Gasteiger partial charge is 0.496 e.